The van der Waals surface area contributed by atoms with Gasteiger partial charge in [0.15, 0.2) is 0 Å². The fourth-order valence-electron chi connectivity index (χ4n) is 3.74. The monoisotopic (exact) mass is 349 g/mol. The first-order valence-corrected chi connectivity index (χ1v) is 10.2. The Kier molecular flexibility index (Phi) is 5.66. The number of carbonyl (C=O) groups excluding carboxylic acids is 1. The summed E-state index contributed by atoms with van der Waals surface area (Å²) in [6.45, 7) is 2.30. The van der Waals surface area contributed by atoms with Crippen LogP contribution in [0.25, 0.3) is 0 Å². The van der Waals surface area contributed by atoms with E-state index in [9.17, 15) is 13.2 Å². The fraction of sp³-hybridized carbons (Fsp3) is 0.556. The van der Waals surface area contributed by atoms with Crippen molar-refractivity contribution in [3.63, 3.8) is 0 Å². The molecule has 1 aromatic rings. The minimum absolute atomic E-state index is 0.0280. The van der Waals surface area contributed by atoms with Crippen LogP contribution in [-0.2, 0) is 19.4 Å². The first kappa shape index (κ1) is 18.5. The number of nitriles is 1. The molecule has 2 unspecified atom stereocenters. The van der Waals surface area contributed by atoms with Gasteiger partial charge in [-0.15, -0.1) is 0 Å². The van der Waals surface area contributed by atoms with Crippen molar-refractivity contribution < 1.29 is 17.9 Å². The van der Waals surface area contributed by atoms with E-state index in [4.69, 9.17) is 10.00 Å². The molecule has 5 nitrogen and oxygen atoms in total. The van der Waals surface area contributed by atoms with Gasteiger partial charge in [0, 0.05) is 11.7 Å². The first-order chi connectivity index (χ1) is 11.3. The zero-order valence-corrected chi connectivity index (χ0v) is 14.9. The van der Waals surface area contributed by atoms with E-state index in [1.54, 1.807) is 12.1 Å². The number of hydrogen-bond donors (Lipinski definition) is 0. The lowest BCUT2D eigenvalue weighted by Crippen LogP contribution is -2.43. The van der Waals surface area contributed by atoms with Crippen LogP contribution in [0.4, 0.5) is 0 Å². The minimum atomic E-state index is -3.25. The molecule has 0 aromatic heterocycles. The van der Waals surface area contributed by atoms with Crippen molar-refractivity contribution in [3.8, 4) is 6.07 Å². The van der Waals surface area contributed by atoms with Crippen LogP contribution in [0.5, 0.6) is 0 Å². The molecule has 2 rings (SSSR count). The Morgan fingerprint density at radius 2 is 2.00 bits per heavy atom. The summed E-state index contributed by atoms with van der Waals surface area (Å²) in [6, 6.07) is 9.33. The standard InChI is InChI=1S/C18H23NO4S/c1-3-4-16(15-7-5-14(12-19)6-8-15)18(13-24(2,21)22)9-10-23-17(20)11-18/h5-8,16H,3-4,9-11,13H2,1-2H3. The Bertz CT molecular complexity index is 733. The third kappa shape index (κ3) is 4.35. The fourth-order valence-corrected chi connectivity index (χ4v) is 5.24. The third-order valence-electron chi connectivity index (χ3n) is 4.67. The summed E-state index contributed by atoms with van der Waals surface area (Å²) < 4.78 is 29.2. The Morgan fingerprint density at radius 1 is 1.33 bits per heavy atom. The molecular formula is C18H23NO4S. The Labute approximate surface area is 143 Å². The van der Waals surface area contributed by atoms with E-state index in [1.807, 2.05) is 19.1 Å². The van der Waals surface area contributed by atoms with Crippen molar-refractivity contribution in [1.29, 1.82) is 5.26 Å². The van der Waals surface area contributed by atoms with Gasteiger partial charge in [-0.3, -0.25) is 4.79 Å². The average molecular weight is 349 g/mol. The van der Waals surface area contributed by atoms with Crippen molar-refractivity contribution >= 4 is 15.8 Å². The molecule has 1 aliphatic heterocycles. The molecule has 0 saturated carbocycles. The largest absolute Gasteiger partial charge is 0.466 e. The number of sulfone groups is 1. The smallest absolute Gasteiger partial charge is 0.306 e. The number of cyclic esters (lactones) is 1. The molecule has 0 N–H and O–H groups in total. The molecular weight excluding hydrogens is 326 g/mol. The molecule has 6 heteroatoms. The highest BCUT2D eigenvalue weighted by Crippen LogP contribution is 2.47. The van der Waals surface area contributed by atoms with Crippen molar-refractivity contribution in [3.05, 3.63) is 35.4 Å². The molecule has 24 heavy (non-hydrogen) atoms. The van der Waals surface area contributed by atoms with Crippen molar-refractivity contribution in [2.24, 2.45) is 5.41 Å². The van der Waals surface area contributed by atoms with Gasteiger partial charge >= 0.3 is 5.97 Å². The lowest BCUT2D eigenvalue weighted by atomic mass is 9.66. The van der Waals surface area contributed by atoms with Gasteiger partial charge in [0.05, 0.1) is 30.4 Å². The van der Waals surface area contributed by atoms with E-state index in [0.29, 0.717) is 12.0 Å². The molecule has 0 amide bonds. The van der Waals surface area contributed by atoms with Crippen LogP contribution in [0.1, 0.15) is 49.7 Å². The van der Waals surface area contributed by atoms with E-state index in [1.165, 1.54) is 6.26 Å². The van der Waals surface area contributed by atoms with Crippen LogP contribution < -0.4 is 0 Å². The maximum atomic E-state index is 12.1. The van der Waals surface area contributed by atoms with E-state index in [0.717, 1.165) is 18.4 Å². The average Bonchev–Trinajstić information content (AvgIpc) is 2.51. The van der Waals surface area contributed by atoms with E-state index < -0.39 is 15.3 Å². The third-order valence-corrected chi connectivity index (χ3v) is 5.77. The molecule has 1 aliphatic rings. The van der Waals surface area contributed by atoms with Gasteiger partial charge in [-0.05, 0) is 36.5 Å². The number of rotatable bonds is 6. The van der Waals surface area contributed by atoms with Crippen molar-refractivity contribution in [2.45, 2.75) is 38.5 Å². The van der Waals surface area contributed by atoms with Gasteiger partial charge in [0.2, 0.25) is 0 Å². The summed E-state index contributed by atoms with van der Waals surface area (Å²) in [4.78, 5) is 11.9. The number of nitrogens with zero attached hydrogens (tertiary/aromatic N) is 1. The molecule has 1 fully saturated rings. The summed E-state index contributed by atoms with van der Waals surface area (Å²) in [7, 11) is -3.25. The quantitative estimate of drug-likeness (QED) is 0.737. The zero-order chi connectivity index (χ0) is 17.8. The highest BCUT2D eigenvalue weighted by molar-refractivity contribution is 7.90. The predicted molar refractivity (Wildman–Crippen MR) is 91.1 cm³/mol. The number of carbonyl (C=O) groups is 1. The van der Waals surface area contributed by atoms with E-state index >= 15 is 0 Å². The Morgan fingerprint density at radius 3 is 2.50 bits per heavy atom. The van der Waals surface area contributed by atoms with Gasteiger partial charge in [0.1, 0.15) is 9.84 Å². The van der Waals surface area contributed by atoms with Gasteiger partial charge in [0.25, 0.3) is 0 Å². The Hall–Kier alpha value is -1.87. The van der Waals surface area contributed by atoms with Crippen LogP contribution in [0.3, 0.4) is 0 Å². The van der Waals surface area contributed by atoms with Crippen molar-refractivity contribution in [1.82, 2.24) is 0 Å². The number of hydrogen-bond acceptors (Lipinski definition) is 5. The second-order valence-electron chi connectivity index (χ2n) is 6.65. The molecule has 2 atom stereocenters. The minimum Gasteiger partial charge on any atom is -0.466 e. The first-order valence-electron chi connectivity index (χ1n) is 8.13. The number of benzene rings is 1. The summed E-state index contributed by atoms with van der Waals surface area (Å²) >= 11 is 0. The zero-order valence-electron chi connectivity index (χ0n) is 14.1. The van der Waals surface area contributed by atoms with Crippen LogP contribution >= 0.6 is 0 Å². The normalized spacial score (nSPS) is 22.5. The lowest BCUT2D eigenvalue weighted by molar-refractivity contribution is -0.153. The molecule has 1 saturated heterocycles. The summed E-state index contributed by atoms with van der Waals surface area (Å²) in [5.41, 5.74) is 0.899. The second kappa shape index (κ2) is 7.35. The lowest BCUT2D eigenvalue weighted by Gasteiger charge is -2.42. The molecule has 0 radical (unpaired) electrons. The SMILES string of the molecule is CCCC(c1ccc(C#N)cc1)C1(CS(C)(=O)=O)CCOC(=O)C1. The van der Waals surface area contributed by atoms with Gasteiger partial charge in [-0.25, -0.2) is 8.42 Å². The molecule has 1 heterocycles. The van der Waals surface area contributed by atoms with Gasteiger partial charge in [-0.2, -0.15) is 5.26 Å². The van der Waals surface area contributed by atoms with E-state index in [2.05, 4.69) is 6.07 Å². The van der Waals surface area contributed by atoms with Gasteiger partial charge in [-0.1, -0.05) is 25.5 Å². The summed E-state index contributed by atoms with van der Waals surface area (Å²) in [5, 5.41) is 8.97. The second-order valence-corrected chi connectivity index (χ2v) is 8.79. The highest BCUT2D eigenvalue weighted by Gasteiger charge is 2.46. The molecule has 0 spiro atoms. The maximum Gasteiger partial charge on any atom is 0.306 e. The van der Waals surface area contributed by atoms with Crippen LogP contribution in [0, 0.1) is 16.7 Å². The van der Waals surface area contributed by atoms with Crippen molar-refractivity contribution in [2.75, 3.05) is 18.6 Å². The topological polar surface area (TPSA) is 84.2 Å². The Balaban J connectivity index is 2.48. The van der Waals surface area contributed by atoms with Crippen LogP contribution in [-0.4, -0.2) is 33.0 Å². The predicted octanol–water partition coefficient (Wildman–Crippen LogP) is 2.81. The summed E-state index contributed by atoms with van der Waals surface area (Å²) in [5.74, 6) is -0.419. The molecule has 1 aromatic carbocycles. The van der Waals surface area contributed by atoms with E-state index in [-0.39, 0.29) is 30.7 Å². The summed E-state index contributed by atoms with van der Waals surface area (Å²) in [6.07, 6.45) is 3.54. The molecule has 0 bridgehead atoms. The number of ether oxygens (including phenoxy) is 1. The molecule has 130 valence electrons. The molecule has 0 aliphatic carbocycles. The number of esters is 1. The van der Waals surface area contributed by atoms with Gasteiger partial charge < -0.3 is 4.74 Å². The van der Waals surface area contributed by atoms with Crippen LogP contribution in [0.15, 0.2) is 24.3 Å². The maximum absolute atomic E-state index is 12.1. The highest BCUT2D eigenvalue weighted by atomic mass is 32.2. The van der Waals surface area contributed by atoms with Crippen LogP contribution in [0.2, 0.25) is 0 Å².